The lowest BCUT2D eigenvalue weighted by atomic mass is 10.0. The van der Waals surface area contributed by atoms with Crippen LogP contribution in [-0.4, -0.2) is 40.8 Å². The number of nitrogens with one attached hydrogen (secondary N) is 2. The summed E-state index contributed by atoms with van der Waals surface area (Å²) < 4.78 is 0. The quantitative estimate of drug-likeness (QED) is 0.714. The van der Waals surface area contributed by atoms with E-state index in [2.05, 4.69) is 27.4 Å². The molecule has 2 aromatic heterocycles. The molecule has 2 aromatic rings. The fraction of sp³-hybridized carbons (Fsp3) is 0.550. The second kappa shape index (κ2) is 9.62. The van der Waals surface area contributed by atoms with Crippen LogP contribution in [0.25, 0.3) is 0 Å². The second-order valence-corrected chi connectivity index (χ2v) is 9.59. The Labute approximate surface area is 174 Å². The number of carbonyl (C=O) groups is 2. The van der Waals surface area contributed by atoms with Crippen LogP contribution >= 0.6 is 22.7 Å². The van der Waals surface area contributed by atoms with Crippen LogP contribution in [0.1, 0.15) is 49.0 Å². The predicted octanol–water partition coefficient (Wildman–Crippen LogP) is 3.83. The molecule has 152 valence electrons. The van der Waals surface area contributed by atoms with Gasteiger partial charge in [-0.2, -0.15) is 0 Å². The summed E-state index contributed by atoms with van der Waals surface area (Å²) >= 11 is 2.79. The van der Waals surface area contributed by atoms with Crippen molar-refractivity contribution < 1.29 is 9.59 Å². The Morgan fingerprint density at radius 1 is 1.36 bits per heavy atom. The number of amides is 2. The fourth-order valence-corrected chi connectivity index (χ4v) is 4.77. The van der Waals surface area contributed by atoms with E-state index < -0.39 is 6.04 Å². The summed E-state index contributed by atoms with van der Waals surface area (Å²) in [5.41, 5.74) is 0.984. The number of piperidine rings is 1. The number of carbonyl (C=O) groups excluding carboxylic acids is 2. The van der Waals surface area contributed by atoms with Gasteiger partial charge in [0.15, 0.2) is 5.13 Å². The number of anilines is 1. The minimum absolute atomic E-state index is 0.0295. The zero-order chi connectivity index (χ0) is 20.1. The molecule has 0 radical (unpaired) electrons. The molecule has 2 atom stereocenters. The molecule has 6 nitrogen and oxygen atoms in total. The Balaban J connectivity index is 1.57. The summed E-state index contributed by atoms with van der Waals surface area (Å²) in [6, 6.07) is 2.97. The maximum atomic E-state index is 12.7. The van der Waals surface area contributed by atoms with E-state index in [1.165, 1.54) is 35.5 Å². The summed E-state index contributed by atoms with van der Waals surface area (Å²) in [5, 5.41) is 10.2. The third-order valence-corrected chi connectivity index (χ3v) is 6.56. The molecule has 1 saturated heterocycles. The highest BCUT2D eigenvalue weighted by atomic mass is 32.1. The molecule has 3 heterocycles. The zero-order valence-corrected chi connectivity index (χ0v) is 18.2. The number of rotatable bonds is 7. The molecular weight excluding hydrogens is 392 g/mol. The first-order valence-corrected chi connectivity index (χ1v) is 11.5. The van der Waals surface area contributed by atoms with Gasteiger partial charge in [-0.3, -0.25) is 14.5 Å². The molecule has 28 heavy (non-hydrogen) atoms. The summed E-state index contributed by atoms with van der Waals surface area (Å²) in [6.07, 6.45) is 2.53. The van der Waals surface area contributed by atoms with Crippen LogP contribution in [0.2, 0.25) is 0 Å². The molecule has 2 amide bonds. The van der Waals surface area contributed by atoms with Gasteiger partial charge in [-0.25, -0.2) is 4.98 Å². The van der Waals surface area contributed by atoms with E-state index in [0.29, 0.717) is 10.0 Å². The highest BCUT2D eigenvalue weighted by Gasteiger charge is 2.26. The van der Waals surface area contributed by atoms with E-state index in [1.54, 1.807) is 6.07 Å². The largest absolute Gasteiger partial charge is 0.339 e. The average Bonchev–Trinajstić information content (AvgIpc) is 3.31. The third kappa shape index (κ3) is 5.62. The van der Waals surface area contributed by atoms with Crippen molar-refractivity contribution in [2.75, 3.05) is 18.4 Å². The third-order valence-electron chi connectivity index (χ3n) is 4.89. The first-order chi connectivity index (χ1) is 13.4. The van der Waals surface area contributed by atoms with E-state index in [0.717, 1.165) is 31.2 Å². The predicted molar refractivity (Wildman–Crippen MR) is 115 cm³/mol. The van der Waals surface area contributed by atoms with Gasteiger partial charge in [0.2, 0.25) is 5.91 Å². The molecule has 0 aromatic carbocycles. The van der Waals surface area contributed by atoms with Gasteiger partial charge in [-0.15, -0.1) is 22.7 Å². The minimum Gasteiger partial charge on any atom is -0.339 e. The molecule has 8 heteroatoms. The van der Waals surface area contributed by atoms with Crippen molar-refractivity contribution in [1.82, 2.24) is 15.2 Å². The van der Waals surface area contributed by atoms with Gasteiger partial charge in [-0.05, 0) is 42.7 Å². The van der Waals surface area contributed by atoms with Gasteiger partial charge in [0.1, 0.15) is 6.04 Å². The number of aromatic nitrogens is 1. The fourth-order valence-electron chi connectivity index (χ4n) is 3.43. The van der Waals surface area contributed by atoms with E-state index >= 15 is 0 Å². The van der Waals surface area contributed by atoms with Gasteiger partial charge < -0.3 is 10.6 Å². The molecule has 2 unspecified atom stereocenters. The SMILES string of the molecule is CC1CCCN(Cc2csc(NC(=O)C(NC(=O)c3cccs3)C(C)C)n2)C1. The van der Waals surface area contributed by atoms with Crippen LogP contribution in [0.3, 0.4) is 0 Å². The lowest BCUT2D eigenvalue weighted by molar-refractivity contribution is -0.118. The van der Waals surface area contributed by atoms with Crippen LogP contribution in [-0.2, 0) is 11.3 Å². The highest BCUT2D eigenvalue weighted by Crippen LogP contribution is 2.21. The van der Waals surface area contributed by atoms with Crippen LogP contribution in [0, 0.1) is 11.8 Å². The topological polar surface area (TPSA) is 74.3 Å². The zero-order valence-electron chi connectivity index (χ0n) is 16.6. The normalized spacial score (nSPS) is 18.8. The lowest BCUT2D eigenvalue weighted by Gasteiger charge is -2.30. The van der Waals surface area contributed by atoms with Crippen molar-refractivity contribution in [3.05, 3.63) is 33.5 Å². The number of thiazole rings is 1. The van der Waals surface area contributed by atoms with Crippen LogP contribution < -0.4 is 10.6 Å². The number of nitrogens with zero attached hydrogens (tertiary/aromatic N) is 2. The summed E-state index contributed by atoms with van der Waals surface area (Å²) in [7, 11) is 0. The van der Waals surface area contributed by atoms with Crippen molar-refractivity contribution >= 4 is 39.6 Å². The average molecular weight is 421 g/mol. The van der Waals surface area contributed by atoms with Gasteiger partial charge in [-0.1, -0.05) is 26.8 Å². The maximum Gasteiger partial charge on any atom is 0.262 e. The molecule has 0 bridgehead atoms. The molecule has 1 aliphatic rings. The van der Waals surface area contributed by atoms with E-state index in [4.69, 9.17) is 0 Å². The Morgan fingerprint density at radius 2 is 2.18 bits per heavy atom. The van der Waals surface area contributed by atoms with Gasteiger partial charge in [0, 0.05) is 18.5 Å². The first-order valence-electron chi connectivity index (χ1n) is 9.74. The van der Waals surface area contributed by atoms with Gasteiger partial charge in [0.25, 0.3) is 5.91 Å². The van der Waals surface area contributed by atoms with Crippen LogP contribution in [0.15, 0.2) is 22.9 Å². The molecule has 1 fully saturated rings. The summed E-state index contributed by atoms with van der Waals surface area (Å²) in [4.78, 5) is 32.7. The molecule has 0 aliphatic carbocycles. The van der Waals surface area contributed by atoms with Crippen LogP contribution in [0.5, 0.6) is 0 Å². The summed E-state index contributed by atoms with van der Waals surface area (Å²) in [5.74, 6) is 0.249. The van der Waals surface area contributed by atoms with E-state index in [9.17, 15) is 9.59 Å². The number of hydrogen-bond acceptors (Lipinski definition) is 6. The van der Waals surface area contributed by atoms with Crippen molar-refractivity contribution in [3.8, 4) is 0 Å². The molecule has 2 N–H and O–H groups in total. The van der Waals surface area contributed by atoms with E-state index in [1.807, 2.05) is 30.7 Å². The molecule has 0 saturated carbocycles. The monoisotopic (exact) mass is 420 g/mol. The Kier molecular flexibility index (Phi) is 7.20. The first kappa shape index (κ1) is 21.0. The number of hydrogen-bond donors (Lipinski definition) is 2. The second-order valence-electron chi connectivity index (χ2n) is 7.79. The van der Waals surface area contributed by atoms with Crippen molar-refractivity contribution in [2.45, 2.75) is 46.2 Å². The van der Waals surface area contributed by atoms with Crippen molar-refractivity contribution in [3.63, 3.8) is 0 Å². The maximum absolute atomic E-state index is 12.7. The van der Waals surface area contributed by atoms with Gasteiger partial charge in [0.05, 0.1) is 10.6 Å². The molecule has 1 aliphatic heterocycles. The Morgan fingerprint density at radius 3 is 2.86 bits per heavy atom. The Bertz CT molecular complexity index is 788. The Hall–Kier alpha value is -1.77. The lowest BCUT2D eigenvalue weighted by Crippen LogP contribution is -2.46. The molecular formula is C20H28N4O2S2. The summed E-state index contributed by atoms with van der Waals surface area (Å²) in [6.45, 7) is 9.15. The molecule has 0 spiro atoms. The standard InChI is InChI=1S/C20H28N4O2S2/c1-13(2)17(22-18(25)16-7-5-9-27-16)19(26)23-20-21-15(12-28-20)11-24-8-4-6-14(3)10-24/h5,7,9,12-14,17H,4,6,8,10-11H2,1-3H3,(H,22,25)(H,21,23,26). The number of thiophene rings is 1. The van der Waals surface area contributed by atoms with Crippen LogP contribution in [0.4, 0.5) is 5.13 Å². The smallest absolute Gasteiger partial charge is 0.262 e. The van der Waals surface area contributed by atoms with Crippen molar-refractivity contribution in [1.29, 1.82) is 0 Å². The van der Waals surface area contributed by atoms with E-state index in [-0.39, 0.29) is 17.7 Å². The number of likely N-dealkylation sites (tertiary alicyclic amines) is 1. The highest BCUT2D eigenvalue weighted by molar-refractivity contribution is 7.14. The molecule has 3 rings (SSSR count). The minimum atomic E-state index is -0.607. The van der Waals surface area contributed by atoms with Gasteiger partial charge >= 0.3 is 0 Å². The van der Waals surface area contributed by atoms with Crippen molar-refractivity contribution in [2.24, 2.45) is 11.8 Å².